The van der Waals surface area contributed by atoms with E-state index < -0.39 is 6.10 Å². The zero-order valence-electron chi connectivity index (χ0n) is 14.8. The fourth-order valence-electron chi connectivity index (χ4n) is 4.33. The summed E-state index contributed by atoms with van der Waals surface area (Å²) < 4.78 is 5.98. The van der Waals surface area contributed by atoms with Crippen LogP contribution in [0, 0.1) is 17.3 Å². The first-order valence-corrected chi connectivity index (χ1v) is 8.96. The molecule has 3 nitrogen and oxygen atoms in total. The van der Waals surface area contributed by atoms with Gasteiger partial charge in [-0.15, -0.1) is 0 Å². The van der Waals surface area contributed by atoms with Gasteiger partial charge in [-0.05, 0) is 63.2 Å². The van der Waals surface area contributed by atoms with Crippen LogP contribution in [0.3, 0.4) is 0 Å². The van der Waals surface area contributed by atoms with Gasteiger partial charge in [-0.25, -0.2) is 0 Å². The normalized spacial score (nSPS) is 47.7. The number of epoxide rings is 1. The van der Waals surface area contributed by atoms with E-state index in [0.29, 0.717) is 29.9 Å². The summed E-state index contributed by atoms with van der Waals surface area (Å²) in [6.07, 6.45) is 9.48. The molecule has 23 heavy (non-hydrogen) atoms. The zero-order valence-corrected chi connectivity index (χ0v) is 14.8. The van der Waals surface area contributed by atoms with E-state index in [0.717, 1.165) is 32.0 Å². The average molecular weight is 318 g/mol. The van der Waals surface area contributed by atoms with Crippen LogP contribution in [0.4, 0.5) is 0 Å². The van der Waals surface area contributed by atoms with Crippen LogP contribution in [-0.4, -0.2) is 29.2 Å². The third-order valence-electron chi connectivity index (χ3n) is 6.51. The summed E-state index contributed by atoms with van der Waals surface area (Å²) >= 11 is 0. The molecule has 0 bridgehead atoms. The van der Waals surface area contributed by atoms with Crippen molar-refractivity contribution in [2.75, 3.05) is 0 Å². The highest BCUT2D eigenvalue weighted by molar-refractivity contribution is 5.75. The van der Waals surface area contributed by atoms with Gasteiger partial charge < -0.3 is 9.84 Å². The number of carbonyl (C=O) groups excluding carboxylic acids is 1. The molecular formula is C20H30O3. The Balaban J connectivity index is 1.80. The third kappa shape index (κ3) is 3.32. The summed E-state index contributed by atoms with van der Waals surface area (Å²) in [5.74, 6) is 0.984. The largest absolute Gasteiger partial charge is 0.388 e. The molecule has 0 aromatic heterocycles. The molecule has 1 saturated heterocycles. The predicted molar refractivity (Wildman–Crippen MR) is 91.0 cm³/mol. The van der Waals surface area contributed by atoms with E-state index in [9.17, 15) is 9.90 Å². The second kappa shape index (κ2) is 5.86. The third-order valence-corrected chi connectivity index (χ3v) is 6.51. The van der Waals surface area contributed by atoms with Crippen molar-refractivity contribution in [2.24, 2.45) is 17.3 Å². The molecule has 1 saturated carbocycles. The molecule has 3 heteroatoms. The number of hydrogen-bond donors (Lipinski definition) is 1. The van der Waals surface area contributed by atoms with E-state index >= 15 is 0 Å². The maximum absolute atomic E-state index is 11.4. The molecule has 0 aromatic rings. The van der Waals surface area contributed by atoms with Crippen LogP contribution in [0.1, 0.15) is 59.8 Å². The Morgan fingerprint density at radius 1 is 1.30 bits per heavy atom. The zero-order chi connectivity index (χ0) is 16.8. The van der Waals surface area contributed by atoms with Gasteiger partial charge in [0.15, 0.2) is 0 Å². The highest BCUT2D eigenvalue weighted by atomic mass is 16.6. The molecule has 0 spiro atoms. The van der Waals surface area contributed by atoms with Crippen LogP contribution in [0.15, 0.2) is 23.3 Å². The van der Waals surface area contributed by atoms with E-state index in [1.54, 1.807) is 0 Å². The SMILES string of the molecule is C/C1=C\C[C@H](O)/C(C=O)=C/[C@@H]2[C@@H](CC[C@]3(C)O[C@H]3CC1)C2(C)C. The monoisotopic (exact) mass is 318 g/mol. The molecule has 128 valence electrons. The van der Waals surface area contributed by atoms with Crippen molar-refractivity contribution in [3.05, 3.63) is 23.3 Å². The molecule has 1 N–H and O–H groups in total. The van der Waals surface area contributed by atoms with Crippen LogP contribution in [0.5, 0.6) is 0 Å². The number of allylic oxidation sites excluding steroid dienone is 2. The fourth-order valence-corrected chi connectivity index (χ4v) is 4.33. The summed E-state index contributed by atoms with van der Waals surface area (Å²) in [5, 5.41) is 10.3. The molecule has 1 heterocycles. The lowest BCUT2D eigenvalue weighted by Crippen LogP contribution is -2.12. The quantitative estimate of drug-likeness (QED) is 0.454. The number of ether oxygens (including phenoxy) is 1. The molecular weight excluding hydrogens is 288 g/mol. The Morgan fingerprint density at radius 3 is 2.74 bits per heavy atom. The van der Waals surface area contributed by atoms with Crippen molar-refractivity contribution in [3.63, 3.8) is 0 Å². The van der Waals surface area contributed by atoms with Crippen LogP contribution >= 0.6 is 0 Å². The minimum atomic E-state index is -0.676. The van der Waals surface area contributed by atoms with E-state index in [2.05, 4.69) is 33.8 Å². The van der Waals surface area contributed by atoms with Crippen molar-refractivity contribution in [1.82, 2.24) is 0 Å². The van der Waals surface area contributed by atoms with Gasteiger partial charge in [0.25, 0.3) is 0 Å². The molecule has 1 aliphatic heterocycles. The summed E-state index contributed by atoms with van der Waals surface area (Å²) in [5.41, 5.74) is 2.11. The van der Waals surface area contributed by atoms with Crippen molar-refractivity contribution in [3.8, 4) is 0 Å². The number of aldehydes is 1. The summed E-state index contributed by atoms with van der Waals surface area (Å²) in [7, 11) is 0. The van der Waals surface area contributed by atoms with Crippen LogP contribution in [-0.2, 0) is 9.53 Å². The van der Waals surface area contributed by atoms with Gasteiger partial charge in [-0.1, -0.05) is 31.6 Å². The van der Waals surface area contributed by atoms with Crippen LogP contribution < -0.4 is 0 Å². The Hall–Kier alpha value is -0.930. The first-order valence-electron chi connectivity index (χ1n) is 8.96. The maximum atomic E-state index is 11.4. The molecule has 5 atom stereocenters. The number of aliphatic hydroxyl groups is 1. The van der Waals surface area contributed by atoms with Gasteiger partial charge in [-0.3, -0.25) is 4.79 Å². The summed E-state index contributed by atoms with van der Waals surface area (Å²) in [6, 6.07) is 0. The van der Waals surface area contributed by atoms with Gasteiger partial charge in [-0.2, -0.15) is 0 Å². The van der Waals surface area contributed by atoms with Gasteiger partial charge >= 0.3 is 0 Å². The van der Waals surface area contributed by atoms with E-state index in [4.69, 9.17) is 4.74 Å². The standard InChI is InChI=1S/C20H30O3/c1-13-5-7-17(22)14(12-21)11-16-15(19(16,2)3)9-10-20(4)18(23-20)8-6-13/h5,11-12,15-18,22H,6-10H2,1-4H3/b13-5+,14-11+/t15-,16-,17+,18+,20+/m1/s1. The van der Waals surface area contributed by atoms with Crippen LogP contribution in [0.2, 0.25) is 0 Å². The minimum absolute atomic E-state index is 0.0599. The number of rotatable bonds is 1. The Morgan fingerprint density at radius 2 is 2.04 bits per heavy atom. The smallest absolute Gasteiger partial charge is 0.148 e. The highest BCUT2D eigenvalue weighted by Gasteiger charge is 2.58. The molecule has 0 radical (unpaired) electrons. The second-order valence-electron chi connectivity index (χ2n) is 8.54. The Kier molecular flexibility index (Phi) is 4.31. The van der Waals surface area contributed by atoms with E-state index in [-0.39, 0.29) is 11.0 Å². The fraction of sp³-hybridized carbons (Fsp3) is 0.750. The van der Waals surface area contributed by atoms with Crippen LogP contribution in [0.25, 0.3) is 0 Å². The molecule has 3 aliphatic rings. The number of fused-ring (bicyclic) bond motifs is 2. The highest BCUT2D eigenvalue weighted by Crippen LogP contribution is 2.62. The number of aliphatic hydroxyl groups excluding tert-OH is 1. The molecule has 0 amide bonds. The van der Waals surface area contributed by atoms with Crippen molar-refractivity contribution >= 4 is 6.29 Å². The minimum Gasteiger partial charge on any atom is -0.388 e. The van der Waals surface area contributed by atoms with Gasteiger partial charge in [0.1, 0.15) is 6.29 Å². The van der Waals surface area contributed by atoms with E-state index in [1.165, 1.54) is 5.57 Å². The summed E-state index contributed by atoms with van der Waals surface area (Å²) in [6.45, 7) is 8.87. The molecule has 3 rings (SSSR count). The molecule has 0 unspecified atom stereocenters. The topological polar surface area (TPSA) is 49.8 Å². The van der Waals surface area contributed by atoms with Crippen molar-refractivity contribution in [1.29, 1.82) is 0 Å². The Bertz CT molecular complexity index is 545. The predicted octanol–water partition coefficient (Wildman–Crippen LogP) is 3.81. The van der Waals surface area contributed by atoms with E-state index in [1.807, 2.05) is 6.08 Å². The molecule has 2 fully saturated rings. The summed E-state index contributed by atoms with van der Waals surface area (Å²) in [4.78, 5) is 11.4. The van der Waals surface area contributed by atoms with Crippen molar-refractivity contribution in [2.45, 2.75) is 77.6 Å². The lowest BCUT2D eigenvalue weighted by atomic mass is 9.94. The number of hydrogen-bond acceptors (Lipinski definition) is 3. The first kappa shape index (κ1) is 16.9. The van der Waals surface area contributed by atoms with Gasteiger partial charge in [0.05, 0.1) is 17.8 Å². The lowest BCUT2D eigenvalue weighted by molar-refractivity contribution is -0.105. The lowest BCUT2D eigenvalue weighted by Gasteiger charge is -2.10. The maximum Gasteiger partial charge on any atom is 0.148 e. The number of carbonyl (C=O) groups is 1. The Labute approximate surface area is 139 Å². The first-order chi connectivity index (χ1) is 10.8. The second-order valence-corrected chi connectivity index (χ2v) is 8.54. The van der Waals surface area contributed by atoms with Gasteiger partial charge in [0, 0.05) is 5.57 Å². The van der Waals surface area contributed by atoms with Crippen molar-refractivity contribution < 1.29 is 14.6 Å². The van der Waals surface area contributed by atoms with Gasteiger partial charge in [0.2, 0.25) is 0 Å². The molecule has 2 aliphatic carbocycles. The average Bonchev–Trinajstić information content (AvgIpc) is 3.30. The molecule has 0 aromatic carbocycles.